The van der Waals surface area contributed by atoms with Gasteiger partial charge in [-0.3, -0.25) is 14.5 Å². The maximum absolute atomic E-state index is 13.7. The lowest BCUT2D eigenvalue weighted by Gasteiger charge is -2.28. The molecule has 40 heavy (non-hydrogen) atoms. The van der Waals surface area contributed by atoms with Gasteiger partial charge < -0.3 is 19.5 Å². The van der Waals surface area contributed by atoms with Crippen LogP contribution in [0.1, 0.15) is 42.1 Å². The van der Waals surface area contributed by atoms with Crippen LogP contribution in [0.15, 0.2) is 54.1 Å². The molecule has 1 aliphatic heterocycles. The molecule has 1 amide bonds. The zero-order chi connectivity index (χ0) is 29.3. The number of aryl methyl sites for hydroxylation is 2. The molecule has 3 aromatic carbocycles. The number of anilines is 2. The van der Waals surface area contributed by atoms with Crippen LogP contribution in [0.4, 0.5) is 11.4 Å². The second kappa shape index (κ2) is 11.8. The average Bonchev–Trinajstić information content (AvgIpc) is 3.20. The molecule has 210 valence electrons. The van der Waals surface area contributed by atoms with E-state index in [9.17, 15) is 14.7 Å². The van der Waals surface area contributed by atoms with Crippen LogP contribution >= 0.6 is 23.2 Å². The van der Waals surface area contributed by atoms with Gasteiger partial charge in [-0.25, -0.2) is 0 Å². The molecule has 1 aliphatic rings. The summed E-state index contributed by atoms with van der Waals surface area (Å²) in [4.78, 5) is 31.0. The van der Waals surface area contributed by atoms with Crippen LogP contribution in [0.25, 0.3) is 5.76 Å². The van der Waals surface area contributed by atoms with E-state index in [1.165, 1.54) is 25.2 Å². The predicted molar refractivity (Wildman–Crippen MR) is 160 cm³/mol. The Bertz CT molecular complexity index is 1500. The van der Waals surface area contributed by atoms with Gasteiger partial charge in [-0.2, -0.15) is 0 Å². The van der Waals surface area contributed by atoms with Crippen molar-refractivity contribution in [1.29, 1.82) is 0 Å². The Labute approximate surface area is 244 Å². The van der Waals surface area contributed by atoms with E-state index in [0.29, 0.717) is 11.3 Å². The van der Waals surface area contributed by atoms with Crippen LogP contribution < -0.4 is 19.3 Å². The zero-order valence-corrected chi connectivity index (χ0v) is 24.9. The molecular formula is C31H32Cl2N2O5. The van der Waals surface area contributed by atoms with Crippen molar-refractivity contribution in [2.45, 2.75) is 33.7 Å². The summed E-state index contributed by atoms with van der Waals surface area (Å²) in [5, 5.41) is 11.8. The highest BCUT2D eigenvalue weighted by molar-refractivity contribution is 6.52. The molecule has 1 saturated heterocycles. The SMILES string of the molecule is CCN(CC)c1ccc(C2/C(=C(\O)c3cc(Cl)c(OC)c(Cl)c3OC)C(=O)C(=O)N2c2cc(C)ccc2C)cc1. The van der Waals surface area contributed by atoms with Gasteiger partial charge in [-0.05, 0) is 68.7 Å². The number of aliphatic hydroxyl groups is 1. The summed E-state index contributed by atoms with van der Waals surface area (Å²) in [6.45, 7) is 9.60. The normalized spacial score (nSPS) is 16.4. The number of hydrogen-bond acceptors (Lipinski definition) is 6. The number of benzene rings is 3. The number of carbonyl (C=O) groups excluding carboxylic acids is 2. The number of hydrogen-bond donors (Lipinski definition) is 1. The molecule has 1 atom stereocenters. The monoisotopic (exact) mass is 582 g/mol. The van der Waals surface area contributed by atoms with E-state index in [1.54, 1.807) is 0 Å². The van der Waals surface area contributed by atoms with Crippen molar-refractivity contribution in [3.63, 3.8) is 0 Å². The summed E-state index contributed by atoms with van der Waals surface area (Å²) in [6.07, 6.45) is 0. The number of methoxy groups -OCH3 is 2. The largest absolute Gasteiger partial charge is 0.507 e. The van der Waals surface area contributed by atoms with Gasteiger partial charge in [0, 0.05) is 24.5 Å². The number of carbonyl (C=O) groups is 2. The number of Topliss-reactive ketones (excluding diaryl/α,β-unsaturated/α-hetero) is 1. The second-order valence-electron chi connectivity index (χ2n) is 9.51. The lowest BCUT2D eigenvalue weighted by atomic mass is 9.94. The first-order chi connectivity index (χ1) is 19.1. The third-order valence-electron chi connectivity index (χ3n) is 7.20. The van der Waals surface area contributed by atoms with Gasteiger partial charge in [0.05, 0.1) is 36.4 Å². The Morgan fingerprint density at radius 1 is 0.950 bits per heavy atom. The molecule has 0 spiro atoms. The predicted octanol–water partition coefficient (Wildman–Crippen LogP) is 7.10. The molecule has 1 unspecified atom stereocenters. The van der Waals surface area contributed by atoms with Crippen molar-refractivity contribution in [2.24, 2.45) is 0 Å². The zero-order valence-electron chi connectivity index (χ0n) is 23.3. The maximum Gasteiger partial charge on any atom is 0.300 e. The minimum atomic E-state index is -0.921. The van der Waals surface area contributed by atoms with Crippen LogP contribution in [-0.2, 0) is 9.59 Å². The molecule has 0 saturated carbocycles. The quantitative estimate of drug-likeness (QED) is 0.173. The van der Waals surface area contributed by atoms with Gasteiger partial charge >= 0.3 is 0 Å². The van der Waals surface area contributed by atoms with Gasteiger partial charge in [0.15, 0.2) is 11.5 Å². The fourth-order valence-corrected chi connectivity index (χ4v) is 5.81. The van der Waals surface area contributed by atoms with Gasteiger partial charge in [-0.1, -0.05) is 47.5 Å². The standard InChI is InChI=1S/C31H32Cl2N2O5/c1-7-34(8-2)20-13-11-19(12-14-20)26-24(27(36)21-16-22(32)30(40-6)25(33)29(21)39-5)28(37)31(38)35(26)23-15-17(3)9-10-18(23)4/h9-16,26,36H,7-8H2,1-6H3/b27-24+. The molecule has 3 aromatic rings. The van der Waals surface area contributed by atoms with Gasteiger partial charge in [0.25, 0.3) is 11.7 Å². The number of ketones is 1. The Kier molecular flexibility index (Phi) is 8.66. The first-order valence-corrected chi connectivity index (χ1v) is 13.7. The van der Waals surface area contributed by atoms with Gasteiger partial charge in [0.1, 0.15) is 10.8 Å². The van der Waals surface area contributed by atoms with Crippen molar-refractivity contribution >= 4 is 52.0 Å². The van der Waals surface area contributed by atoms with Crippen molar-refractivity contribution in [3.05, 3.63) is 86.4 Å². The first-order valence-electron chi connectivity index (χ1n) is 12.9. The van der Waals surface area contributed by atoms with Gasteiger partial charge in [0.2, 0.25) is 0 Å². The number of amides is 1. The average molecular weight is 584 g/mol. The Hall–Kier alpha value is -3.68. The molecule has 0 radical (unpaired) electrons. The fraction of sp³-hybridized carbons (Fsp3) is 0.290. The highest BCUT2D eigenvalue weighted by Crippen LogP contribution is 2.48. The number of rotatable bonds is 8. The number of nitrogens with zero attached hydrogens (tertiary/aromatic N) is 2. The van der Waals surface area contributed by atoms with E-state index >= 15 is 0 Å². The van der Waals surface area contributed by atoms with Crippen molar-refractivity contribution < 1.29 is 24.2 Å². The topological polar surface area (TPSA) is 79.3 Å². The van der Waals surface area contributed by atoms with Gasteiger partial charge in [-0.15, -0.1) is 0 Å². The summed E-state index contributed by atoms with van der Waals surface area (Å²) in [6, 6.07) is 13.8. The molecule has 1 heterocycles. The summed E-state index contributed by atoms with van der Waals surface area (Å²) in [7, 11) is 2.78. The molecule has 4 rings (SSSR count). The lowest BCUT2D eigenvalue weighted by molar-refractivity contribution is -0.132. The van der Waals surface area contributed by atoms with E-state index in [4.69, 9.17) is 32.7 Å². The number of aliphatic hydroxyl groups excluding tert-OH is 1. The molecule has 9 heteroatoms. The molecule has 0 aromatic heterocycles. The fourth-order valence-electron chi connectivity index (χ4n) is 5.12. The van der Waals surface area contributed by atoms with Crippen molar-refractivity contribution in [3.8, 4) is 11.5 Å². The van der Waals surface area contributed by atoms with E-state index < -0.39 is 23.5 Å². The minimum Gasteiger partial charge on any atom is -0.507 e. The number of halogens is 2. The Morgan fingerprint density at radius 2 is 1.57 bits per heavy atom. The highest BCUT2D eigenvalue weighted by Gasteiger charge is 2.47. The smallest absolute Gasteiger partial charge is 0.300 e. The lowest BCUT2D eigenvalue weighted by Crippen LogP contribution is -2.30. The highest BCUT2D eigenvalue weighted by atomic mass is 35.5. The van der Waals surface area contributed by atoms with Crippen molar-refractivity contribution in [2.75, 3.05) is 37.1 Å². The molecule has 1 N–H and O–H groups in total. The second-order valence-corrected chi connectivity index (χ2v) is 10.3. The van der Waals surface area contributed by atoms with Crippen molar-refractivity contribution in [1.82, 2.24) is 0 Å². The Balaban J connectivity index is 2.01. The maximum atomic E-state index is 13.7. The summed E-state index contributed by atoms with van der Waals surface area (Å²) >= 11 is 12.9. The van der Waals surface area contributed by atoms with E-state index in [2.05, 4.69) is 18.7 Å². The summed E-state index contributed by atoms with van der Waals surface area (Å²) in [5.41, 5.74) is 3.95. The van der Waals surface area contributed by atoms with Crippen LogP contribution in [0.3, 0.4) is 0 Å². The molecule has 7 nitrogen and oxygen atoms in total. The molecular weight excluding hydrogens is 551 g/mol. The third kappa shape index (κ3) is 5.00. The van der Waals surface area contributed by atoms with E-state index in [0.717, 1.165) is 29.9 Å². The van der Waals surface area contributed by atoms with E-state index in [-0.39, 0.29) is 32.7 Å². The van der Waals surface area contributed by atoms with Crippen LogP contribution in [-0.4, -0.2) is 44.1 Å². The molecule has 1 fully saturated rings. The summed E-state index contributed by atoms with van der Waals surface area (Å²) in [5.74, 6) is -1.81. The third-order valence-corrected chi connectivity index (χ3v) is 7.82. The Morgan fingerprint density at radius 3 is 2.15 bits per heavy atom. The summed E-state index contributed by atoms with van der Waals surface area (Å²) < 4.78 is 10.8. The van der Waals surface area contributed by atoms with Crippen LogP contribution in [0.2, 0.25) is 10.0 Å². The molecule has 0 bridgehead atoms. The van der Waals surface area contributed by atoms with Crippen LogP contribution in [0, 0.1) is 13.8 Å². The first kappa shape index (κ1) is 29.3. The minimum absolute atomic E-state index is 0.0305. The van der Waals surface area contributed by atoms with Crippen LogP contribution in [0.5, 0.6) is 11.5 Å². The van der Waals surface area contributed by atoms with E-state index in [1.807, 2.05) is 56.3 Å². The molecule has 0 aliphatic carbocycles. The number of ether oxygens (including phenoxy) is 2.